The molecule has 0 saturated carbocycles. The van der Waals surface area contributed by atoms with Gasteiger partial charge in [0.25, 0.3) is 0 Å². The number of para-hydroxylation sites is 1. The van der Waals surface area contributed by atoms with Crippen LogP contribution in [0.25, 0.3) is 22.1 Å². The van der Waals surface area contributed by atoms with Crippen LogP contribution in [0, 0.1) is 0 Å². The molecular weight excluding hydrogens is 352 g/mol. The van der Waals surface area contributed by atoms with Crippen LogP contribution in [0.2, 0.25) is 0 Å². The lowest BCUT2D eigenvalue weighted by atomic mass is 10.1. The number of hydrogen-bond acceptors (Lipinski definition) is 4. The lowest BCUT2D eigenvalue weighted by Crippen LogP contribution is -2.06. The highest BCUT2D eigenvalue weighted by molar-refractivity contribution is 5.82. The molecule has 0 aliphatic carbocycles. The van der Waals surface area contributed by atoms with E-state index in [2.05, 4.69) is 0 Å². The van der Waals surface area contributed by atoms with Crippen molar-refractivity contribution in [3.05, 3.63) is 95.3 Å². The minimum absolute atomic E-state index is 0.0461. The van der Waals surface area contributed by atoms with Gasteiger partial charge in [0.15, 0.2) is 5.43 Å². The van der Waals surface area contributed by atoms with Gasteiger partial charge in [-0.15, -0.1) is 0 Å². The summed E-state index contributed by atoms with van der Waals surface area (Å²) < 4.78 is 17.1. The molecule has 4 nitrogen and oxygen atoms in total. The zero-order valence-corrected chi connectivity index (χ0v) is 15.3. The van der Waals surface area contributed by atoms with E-state index in [9.17, 15) is 4.79 Å². The molecule has 4 heteroatoms. The minimum atomic E-state index is -0.0461. The number of ether oxygens (including phenoxy) is 2. The van der Waals surface area contributed by atoms with Crippen molar-refractivity contribution in [1.82, 2.24) is 0 Å². The molecule has 0 atom stereocenters. The number of hydrogen-bond donors (Lipinski definition) is 0. The van der Waals surface area contributed by atoms with E-state index in [4.69, 9.17) is 13.9 Å². The molecule has 0 N–H and O–H groups in total. The van der Waals surface area contributed by atoms with Gasteiger partial charge in [-0.25, -0.2) is 0 Å². The first-order valence-electron chi connectivity index (χ1n) is 9.23. The Kier molecular flexibility index (Phi) is 5.38. The van der Waals surface area contributed by atoms with E-state index in [0.29, 0.717) is 35.5 Å². The highest BCUT2D eigenvalue weighted by Gasteiger charge is 2.09. The fourth-order valence-electron chi connectivity index (χ4n) is 2.97. The SMILES string of the molecule is O=c1c(-c2ccccc2)coc2cc(OCCCOc3ccccc3)ccc12. The zero-order valence-electron chi connectivity index (χ0n) is 15.3. The van der Waals surface area contributed by atoms with Gasteiger partial charge in [0, 0.05) is 12.5 Å². The summed E-state index contributed by atoms with van der Waals surface area (Å²) in [6, 6.07) is 24.5. The van der Waals surface area contributed by atoms with Crippen LogP contribution in [0.3, 0.4) is 0 Å². The quantitative estimate of drug-likeness (QED) is 0.413. The molecule has 0 aliphatic rings. The van der Waals surface area contributed by atoms with Crippen molar-refractivity contribution in [2.75, 3.05) is 13.2 Å². The molecule has 3 aromatic carbocycles. The third-order valence-electron chi connectivity index (χ3n) is 4.40. The van der Waals surface area contributed by atoms with Crippen LogP contribution in [0.5, 0.6) is 11.5 Å². The van der Waals surface area contributed by atoms with Crippen molar-refractivity contribution in [1.29, 1.82) is 0 Å². The van der Waals surface area contributed by atoms with Crippen molar-refractivity contribution < 1.29 is 13.9 Å². The summed E-state index contributed by atoms with van der Waals surface area (Å²) in [4.78, 5) is 12.8. The van der Waals surface area contributed by atoms with Gasteiger partial charge in [0.1, 0.15) is 23.3 Å². The Morgan fingerprint density at radius 1 is 0.750 bits per heavy atom. The van der Waals surface area contributed by atoms with E-state index in [1.807, 2.05) is 60.7 Å². The maximum atomic E-state index is 12.8. The van der Waals surface area contributed by atoms with Crippen molar-refractivity contribution >= 4 is 11.0 Å². The summed E-state index contributed by atoms with van der Waals surface area (Å²) in [7, 11) is 0. The largest absolute Gasteiger partial charge is 0.493 e. The fourth-order valence-corrected chi connectivity index (χ4v) is 2.97. The lowest BCUT2D eigenvalue weighted by Gasteiger charge is -2.09. The molecule has 1 heterocycles. The van der Waals surface area contributed by atoms with Crippen LogP contribution in [0.1, 0.15) is 6.42 Å². The Balaban J connectivity index is 1.40. The van der Waals surface area contributed by atoms with Gasteiger partial charge >= 0.3 is 0 Å². The Bertz CT molecular complexity index is 1100. The number of fused-ring (bicyclic) bond motifs is 1. The summed E-state index contributed by atoms with van der Waals surface area (Å²) in [6.45, 7) is 1.10. The summed E-state index contributed by atoms with van der Waals surface area (Å²) >= 11 is 0. The van der Waals surface area contributed by atoms with E-state index in [1.165, 1.54) is 6.26 Å². The number of benzene rings is 3. The van der Waals surface area contributed by atoms with Gasteiger partial charge in [0.2, 0.25) is 0 Å². The maximum Gasteiger partial charge on any atom is 0.200 e. The summed E-state index contributed by atoms with van der Waals surface area (Å²) in [5.41, 5.74) is 1.87. The van der Waals surface area contributed by atoms with E-state index in [1.54, 1.807) is 18.2 Å². The van der Waals surface area contributed by atoms with E-state index >= 15 is 0 Å². The van der Waals surface area contributed by atoms with Crippen molar-refractivity contribution in [2.24, 2.45) is 0 Å². The Labute approximate surface area is 163 Å². The second-order valence-corrected chi connectivity index (χ2v) is 6.37. The molecule has 0 unspecified atom stereocenters. The standard InChI is InChI=1S/C24H20O4/c25-24-21-13-12-20(27-15-7-14-26-19-10-5-2-6-11-19)16-23(21)28-17-22(24)18-8-3-1-4-9-18/h1-6,8-13,16-17H,7,14-15H2. The average Bonchev–Trinajstić information content (AvgIpc) is 2.75. The second-order valence-electron chi connectivity index (χ2n) is 6.37. The van der Waals surface area contributed by atoms with Crippen LogP contribution in [-0.4, -0.2) is 13.2 Å². The van der Waals surface area contributed by atoms with Crippen LogP contribution in [0.15, 0.2) is 94.3 Å². The topological polar surface area (TPSA) is 48.7 Å². The zero-order chi connectivity index (χ0) is 19.2. The third kappa shape index (κ3) is 4.07. The molecule has 0 spiro atoms. The molecule has 0 aliphatic heterocycles. The van der Waals surface area contributed by atoms with Gasteiger partial charge in [-0.2, -0.15) is 0 Å². The first kappa shape index (κ1) is 17.9. The molecule has 28 heavy (non-hydrogen) atoms. The monoisotopic (exact) mass is 372 g/mol. The van der Waals surface area contributed by atoms with Gasteiger partial charge in [0.05, 0.1) is 24.2 Å². The highest BCUT2D eigenvalue weighted by atomic mass is 16.5. The van der Waals surface area contributed by atoms with Crippen molar-refractivity contribution in [3.63, 3.8) is 0 Å². The Morgan fingerprint density at radius 2 is 1.43 bits per heavy atom. The summed E-state index contributed by atoms with van der Waals surface area (Å²) in [6.07, 6.45) is 2.27. The van der Waals surface area contributed by atoms with E-state index in [-0.39, 0.29) is 5.43 Å². The molecule has 140 valence electrons. The van der Waals surface area contributed by atoms with Crippen LogP contribution in [-0.2, 0) is 0 Å². The first-order chi connectivity index (χ1) is 13.8. The normalized spacial score (nSPS) is 10.7. The molecule has 4 aromatic rings. The Hall–Kier alpha value is -3.53. The van der Waals surface area contributed by atoms with Crippen LogP contribution >= 0.6 is 0 Å². The maximum absolute atomic E-state index is 12.8. The van der Waals surface area contributed by atoms with E-state index in [0.717, 1.165) is 17.7 Å². The van der Waals surface area contributed by atoms with Gasteiger partial charge in [-0.3, -0.25) is 4.79 Å². The molecule has 0 bridgehead atoms. The molecule has 0 saturated heterocycles. The molecule has 1 aromatic heterocycles. The molecular formula is C24H20O4. The fraction of sp³-hybridized carbons (Fsp3) is 0.125. The smallest absolute Gasteiger partial charge is 0.200 e. The van der Waals surface area contributed by atoms with Crippen LogP contribution in [0.4, 0.5) is 0 Å². The second kappa shape index (κ2) is 8.44. The Morgan fingerprint density at radius 3 is 2.18 bits per heavy atom. The van der Waals surface area contributed by atoms with E-state index < -0.39 is 0 Å². The predicted molar refractivity (Wildman–Crippen MR) is 110 cm³/mol. The first-order valence-corrected chi connectivity index (χ1v) is 9.23. The van der Waals surface area contributed by atoms with Crippen LogP contribution < -0.4 is 14.9 Å². The van der Waals surface area contributed by atoms with Gasteiger partial charge < -0.3 is 13.9 Å². The minimum Gasteiger partial charge on any atom is -0.493 e. The summed E-state index contributed by atoms with van der Waals surface area (Å²) in [5, 5.41) is 0.543. The van der Waals surface area contributed by atoms with Crippen molar-refractivity contribution in [2.45, 2.75) is 6.42 Å². The third-order valence-corrected chi connectivity index (χ3v) is 4.40. The predicted octanol–water partition coefficient (Wildman–Crippen LogP) is 5.31. The molecule has 0 radical (unpaired) electrons. The molecule has 0 fully saturated rings. The molecule has 0 amide bonds. The lowest BCUT2D eigenvalue weighted by molar-refractivity contribution is 0.247. The average molecular weight is 372 g/mol. The van der Waals surface area contributed by atoms with Crippen molar-refractivity contribution in [3.8, 4) is 22.6 Å². The molecule has 4 rings (SSSR count). The highest BCUT2D eigenvalue weighted by Crippen LogP contribution is 2.23. The number of rotatable bonds is 7. The summed E-state index contributed by atoms with van der Waals surface area (Å²) in [5.74, 6) is 1.52. The van der Waals surface area contributed by atoms with Gasteiger partial charge in [-0.05, 0) is 29.8 Å². The van der Waals surface area contributed by atoms with Gasteiger partial charge in [-0.1, -0.05) is 48.5 Å².